The number of hydrogen-bond donors (Lipinski definition) is 3. The van der Waals surface area contributed by atoms with E-state index in [0.29, 0.717) is 30.9 Å². The third-order valence-corrected chi connectivity index (χ3v) is 10.9. The Hall–Kier alpha value is -3.89. The Kier molecular flexibility index (Phi) is 12.1. The lowest BCUT2D eigenvalue weighted by molar-refractivity contribution is -0.148. The molecule has 0 fully saturated rings. The van der Waals surface area contributed by atoms with Gasteiger partial charge in [0, 0.05) is 41.7 Å². The molecule has 0 saturated carbocycles. The Morgan fingerprint density at radius 1 is 1.15 bits per heavy atom. The molecule has 3 aromatic rings. The van der Waals surface area contributed by atoms with Crippen LogP contribution in [-0.4, -0.2) is 39.3 Å². The topological polar surface area (TPSA) is 117 Å². The number of anilines is 1. The van der Waals surface area contributed by atoms with Gasteiger partial charge in [-0.25, -0.2) is 14.8 Å². The minimum Gasteiger partial charge on any atom is -0.481 e. The summed E-state index contributed by atoms with van der Waals surface area (Å²) in [5.41, 5.74) is 7.50. The van der Waals surface area contributed by atoms with Gasteiger partial charge in [0.05, 0.1) is 20.5 Å². The average Bonchev–Trinajstić information content (AvgIpc) is 3.65. The molecular weight excluding hydrogens is 627 g/mol. The van der Waals surface area contributed by atoms with E-state index in [2.05, 4.69) is 68.7 Å². The summed E-state index contributed by atoms with van der Waals surface area (Å²) in [4.78, 5) is 39.9. The zero-order valence-corrected chi connectivity index (χ0v) is 30.4. The highest BCUT2D eigenvalue weighted by Crippen LogP contribution is 2.41. The number of urea groups is 1. The summed E-state index contributed by atoms with van der Waals surface area (Å²) in [6.07, 6.45) is 14.0. The van der Waals surface area contributed by atoms with Gasteiger partial charge in [-0.2, -0.15) is 0 Å². The maximum Gasteiger partial charge on any atom is 0.321 e. The number of allylic oxidation sites excluding steroid dienone is 7. The average molecular weight is 674 g/mol. The number of rotatable bonds is 13. The monoisotopic (exact) mass is 673 g/mol. The first-order valence-corrected chi connectivity index (χ1v) is 18.0. The standard InChI is InChI=1S/C37H47N5O3S2/c1-9-14-37(8,34(43)44)15-13-22(5)16-29-24(7)23(6)17-27(20-39-29)26-18-28(31-21-40-33(46-31)25(10-2)11-3)32-30(19-26)41-36(47-32)42-35(45)38-12-4/h10,16-21,24H,9,11-15H2,1-8H3,(H,43,44)(H2,38,41,42,45)/b22-16-,25-10-. The summed E-state index contributed by atoms with van der Waals surface area (Å²) < 4.78 is 0.983. The summed E-state index contributed by atoms with van der Waals surface area (Å²) >= 11 is 3.12. The maximum atomic E-state index is 12.3. The van der Waals surface area contributed by atoms with Crippen LogP contribution in [0, 0.1) is 11.3 Å². The molecule has 2 amide bonds. The van der Waals surface area contributed by atoms with Crippen molar-refractivity contribution in [2.75, 3.05) is 11.9 Å². The van der Waals surface area contributed by atoms with Crippen LogP contribution in [0.1, 0.15) is 98.1 Å². The van der Waals surface area contributed by atoms with Crippen molar-refractivity contribution in [2.24, 2.45) is 16.3 Å². The van der Waals surface area contributed by atoms with Crippen molar-refractivity contribution in [3.05, 3.63) is 64.5 Å². The highest BCUT2D eigenvalue weighted by molar-refractivity contribution is 7.23. The van der Waals surface area contributed by atoms with E-state index >= 15 is 0 Å². The zero-order chi connectivity index (χ0) is 34.3. The van der Waals surface area contributed by atoms with Crippen molar-refractivity contribution in [1.29, 1.82) is 0 Å². The third-order valence-electron chi connectivity index (χ3n) is 8.80. The van der Waals surface area contributed by atoms with Crippen LogP contribution >= 0.6 is 22.7 Å². The molecule has 0 aliphatic carbocycles. The van der Waals surface area contributed by atoms with Gasteiger partial charge in [0.15, 0.2) is 5.13 Å². The number of nitrogens with one attached hydrogen (secondary N) is 2. The van der Waals surface area contributed by atoms with Crippen LogP contribution in [0.3, 0.4) is 0 Å². The summed E-state index contributed by atoms with van der Waals surface area (Å²) in [6.45, 7) is 16.8. The van der Waals surface area contributed by atoms with E-state index in [0.717, 1.165) is 60.9 Å². The minimum absolute atomic E-state index is 0.0907. The SMILES string of the molecule is C/C=C(/CC)c1ncc(-c2cc(C3=CN=C(/C=C(/C)CCC(C)(CCC)C(=O)O)C(C)C(C)=C3)cc3nc(NC(=O)NCC)sc23)s1. The lowest BCUT2D eigenvalue weighted by Crippen LogP contribution is -2.28. The van der Waals surface area contributed by atoms with Gasteiger partial charge in [-0.1, -0.05) is 61.8 Å². The van der Waals surface area contributed by atoms with Gasteiger partial charge in [-0.15, -0.1) is 11.3 Å². The van der Waals surface area contributed by atoms with E-state index < -0.39 is 11.4 Å². The molecule has 0 radical (unpaired) electrons. The third kappa shape index (κ3) is 8.53. The fourth-order valence-electron chi connectivity index (χ4n) is 5.67. The molecule has 8 nitrogen and oxygen atoms in total. The number of hydrogen-bond acceptors (Lipinski definition) is 7. The predicted octanol–water partition coefficient (Wildman–Crippen LogP) is 10.4. The molecule has 0 saturated heterocycles. The van der Waals surface area contributed by atoms with E-state index in [4.69, 9.17) is 15.0 Å². The molecule has 2 atom stereocenters. The van der Waals surface area contributed by atoms with Crippen molar-refractivity contribution in [2.45, 2.75) is 87.5 Å². The van der Waals surface area contributed by atoms with Gasteiger partial charge in [0.25, 0.3) is 0 Å². The first-order valence-electron chi connectivity index (χ1n) is 16.4. The summed E-state index contributed by atoms with van der Waals surface area (Å²) in [5, 5.41) is 17.0. The highest BCUT2D eigenvalue weighted by Gasteiger charge is 2.31. The molecular formula is C37H47N5O3S2. The normalized spacial score (nSPS) is 17.0. The lowest BCUT2D eigenvalue weighted by Gasteiger charge is -2.24. The Balaban J connectivity index is 1.76. The van der Waals surface area contributed by atoms with Crippen LogP contribution in [0.5, 0.6) is 0 Å². The molecule has 4 rings (SSSR count). The van der Waals surface area contributed by atoms with Gasteiger partial charge >= 0.3 is 12.0 Å². The van der Waals surface area contributed by atoms with E-state index in [-0.39, 0.29) is 11.9 Å². The second-order valence-corrected chi connectivity index (χ2v) is 14.5. The smallest absolute Gasteiger partial charge is 0.321 e. The van der Waals surface area contributed by atoms with E-state index in [1.165, 1.54) is 22.5 Å². The fourth-order valence-corrected chi connectivity index (χ4v) is 7.79. The molecule has 3 heterocycles. The largest absolute Gasteiger partial charge is 0.481 e. The number of aromatic nitrogens is 2. The van der Waals surface area contributed by atoms with Crippen LogP contribution in [0.15, 0.2) is 58.9 Å². The van der Waals surface area contributed by atoms with Crippen LogP contribution in [-0.2, 0) is 4.79 Å². The van der Waals surface area contributed by atoms with Crippen molar-refractivity contribution < 1.29 is 14.7 Å². The van der Waals surface area contributed by atoms with Crippen molar-refractivity contribution in [3.63, 3.8) is 0 Å². The molecule has 2 aromatic heterocycles. The molecule has 10 heteroatoms. The van der Waals surface area contributed by atoms with Crippen molar-refractivity contribution in [3.8, 4) is 10.4 Å². The Morgan fingerprint density at radius 3 is 2.57 bits per heavy atom. The molecule has 3 N–H and O–H groups in total. The first-order chi connectivity index (χ1) is 22.4. The van der Waals surface area contributed by atoms with Crippen LogP contribution in [0.2, 0.25) is 0 Å². The number of carbonyl (C=O) groups excluding carboxylic acids is 1. The number of aliphatic imine (C=N–C) groups is 1. The number of nitrogens with zero attached hydrogens (tertiary/aromatic N) is 3. The quantitative estimate of drug-likeness (QED) is 0.167. The van der Waals surface area contributed by atoms with Crippen molar-refractivity contribution in [1.82, 2.24) is 15.3 Å². The van der Waals surface area contributed by atoms with Gasteiger partial charge < -0.3 is 10.4 Å². The predicted molar refractivity (Wildman–Crippen MR) is 199 cm³/mol. The molecule has 47 heavy (non-hydrogen) atoms. The van der Waals surface area contributed by atoms with Gasteiger partial charge in [-0.05, 0) is 89.6 Å². The first kappa shape index (κ1) is 36.0. The molecule has 1 aromatic carbocycles. The highest BCUT2D eigenvalue weighted by atomic mass is 32.1. The maximum absolute atomic E-state index is 12.3. The molecule has 0 spiro atoms. The van der Waals surface area contributed by atoms with Gasteiger partial charge in [-0.3, -0.25) is 15.1 Å². The summed E-state index contributed by atoms with van der Waals surface area (Å²) in [5.74, 6) is -0.641. The van der Waals surface area contributed by atoms with Gasteiger partial charge in [0.2, 0.25) is 0 Å². The second-order valence-electron chi connectivity index (χ2n) is 12.4. The number of amides is 2. The molecule has 0 bridgehead atoms. The molecule has 250 valence electrons. The number of fused-ring (bicyclic) bond motifs is 1. The second kappa shape index (κ2) is 15.8. The van der Waals surface area contributed by atoms with Gasteiger partial charge in [0.1, 0.15) is 5.01 Å². The van der Waals surface area contributed by atoms with E-state index in [1.54, 1.807) is 11.3 Å². The Bertz CT molecular complexity index is 1790. The molecule has 2 unspecified atom stereocenters. The fraction of sp³-hybridized carbons (Fsp3) is 0.432. The number of benzene rings is 1. The molecule has 1 aliphatic heterocycles. The van der Waals surface area contributed by atoms with E-state index in [9.17, 15) is 14.7 Å². The lowest BCUT2D eigenvalue weighted by atomic mass is 9.80. The zero-order valence-electron chi connectivity index (χ0n) is 28.8. The van der Waals surface area contributed by atoms with Crippen LogP contribution in [0.25, 0.3) is 31.8 Å². The minimum atomic E-state index is -0.732. The number of thiazole rings is 2. The summed E-state index contributed by atoms with van der Waals surface area (Å²) in [6, 6.07) is 3.96. The van der Waals surface area contributed by atoms with E-state index in [1.807, 2.05) is 40.1 Å². The Morgan fingerprint density at radius 2 is 1.91 bits per heavy atom. The molecule has 1 aliphatic rings. The summed E-state index contributed by atoms with van der Waals surface area (Å²) in [7, 11) is 0. The number of carbonyl (C=O) groups is 2. The van der Waals surface area contributed by atoms with Crippen LogP contribution in [0.4, 0.5) is 9.93 Å². The number of carboxylic acid groups (broad SMARTS) is 1. The van der Waals surface area contributed by atoms with Crippen molar-refractivity contribution >= 4 is 66.9 Å². The van der Waals surface area contributed by atoms with Crippen LogP contribution < -0.4 is 10.6 Å². The number of aliphatic carboxylic acids is 1. The Labute approximate surface area is 286 Å². The number of carboxylic acids is 1.